The fourth-order valence-corrected chi connectivity index (χ4v) is 5.20. The van der Waals surface area contributed by atoms with E-state index >= 15 is 0 Å². The summed E-state index contributed by atoms with van der Waals surface area (Å²) in [5.41, 5.74) is 3.44. The fraction of sp³-hybridized carbons (Fsp3) is 0.444. The second-order valence-corrected chi connectivity index (χ2v) is 10.9. The average molecular weight is 481 g/mol. The molecule has 0 saturated heterocycles. The predicted octanol–water partition coefficient (Wildman–Crippen LogP) is 5.95. The fourth-order valence-electron chi connectivity index (χ4n) is 4.36. The summed E-state index contributed by atoms with van der Waals surface area (Å²) in [6.45, 7) is 7.15. The van der Waals surface area contributed by atoms with Gasteiger partial charge in [-0.25, -0.2) is 4.39 Å². The lowest BCUT2D eigenvalue weighted by Crippen LogP contribution is -2.27. The first-order valence-electron chi connectivity index (χ1n) is 12.0. The van der Waals surface area contributed by atoms with Gasteiger partial charge in [-0.2, -0.15) is 0 Å². The second kappa shape index (κ2) is 10.7. The minimum absolute atomic E-state index is 0.0378. The highest BCUT2D eigenvalue weighted by Crippen LogP contribution is 2.37. The first-order chi connectivity index (χ1) is 16.3. The molecule has 1 saturated carbocycles. The van der Waals surface area contributed by atoms with Crippen LogP contribution >= 0.6 is 11.8 Å². The largest absolute Gasteiger partial charge is 0.355 e. The SMILES string of the molecule is CC(C)(C)c1ccc(-c2nnc(SCC(=O)NCCc3ccc(F)cc3)n2C2CCCC2)cc1. The quantitative estimate of drug-likeness (QED) is 0.405. The Morgan fingerprint density at radius 2 is 1.74 bits per heavy atom. The lowest BCUT2D eigenvalue weighted by molar-refractivity contribution is -0.118. The highest BCUT2D eigenvalue weighted by molar-refractivity contribution is 7.99. The van der Waals surface area contributed by atoms with E-state index in [1.807, 2.05) is 0 Å². The molecule has 34 heavy (non-hydrogen) atoms. The minimum atomic E-state index is -0.250. The first kappa shape index (κ1) is 24.5. The smallest absolute Gasteiger partial charge is 0.230 e. The Morgan fingerprint density at radius 1 is 1.06 bits per heavy atom. The molecule has 1 aromatic heterocycles. The Kier molecular flexibility index (Phi) is 7.71. The predicted molar refractivity (Wildman–Crippen MR) is 136 cm³/mol. The number of benzene rings is 2. The van der Waals surface area contributed by atoms with Gasteiger partial charge in [0.15, 0.2) is 11.0 Å². The monoisotopic (exact) mass is 480 g/mol. The number of aromatic nitrogens is 3. The molecule has 0 unspecified atom stereocenters. The summed E-state index contributed by atoms with van der Waals surface area (Å²) in [5, 5.41) is 12.8. The topological polar surface area (TPSA) is 59.8 Å². The van der Waals surface area contributed by atoms with Gasteiger partial charge in [0.25, 0.3) is 0 Å². The number of halogens is 1. The van der Waals surface area contributed by atoms with E-state index in [1.165, 1.54) is 42.3 Å². The zero-order valence-electron chi connectivity index (χ0n) is 20.2. The average Bonchev–Trinajstić information content (AvgIpc) is 3.48. The molecule has 1 aliphatic carbocycles. The van der Waals surface area contributed by atoms with E-state index < -0.39 is 0 Å². The molecular formula is C27H33FN4OS. The van der Waals surface area contributed by atoms with E-state index in [2.05, 4.69) is 65.1 Å². The summed E-state index contributed by atoms with van der Waals surface area (Å²) in [4.78, 5) is 12.5. The molecule has 1 heterocycles. The van der Waals surface area contributed by atoms with Crippen LogP contribution in [0.3, 0.4) is 0 Å². The van der Waals surface area contributed by atoms with E-state index in [-0.39, 0.29) is 22.9 Å². The van der Waals surface area contributed by atoms with Crippen molar-refractivity contribution in [3.05, 3.63) is 65.5 Å². The van der Waals surface area contributed by atoms with Crippen LogP contribution in [0.1, 0.15) is 63.6 Å². The van der Waals surface area contributed by atoms with Crippen LogP contribution in [0.15, 0.2) is 53.7 Å². The molecule has 1 fully saturated rings. The van der Waals surface area contributed by atoms with Crippen molar-refractivity contribution in [3.8, 4) is 11.4 Å². The van der Waals surface area contributed by atoms with Gasteiger partial charge in [0, 0.05) is 18.2 Å². The van der Waals surface area contributed by atoms with Crippen LogP contribution in [0.5, 0.6) is 0 Å². The molecule has 5 nitrogen and oxygen atoms in total. The van der Waals surface area contributed by atoms with Gasteiger partial charge in [-0.05, 0) is 47.9 Å². The van der Waals surface area contributed by atoms with E-state index in [9.17, 15) is 9.18 Å². The molecule has 0 aliphatic heterocycles. The van der Waals surface area contributed by atoms with Crippen LogP contribution < -0.4 is 5.32 Å². The number of nitrogens with one attached hydrogen (secondary N) is 1. The van der Waals surface area contributed by atoms with Gasteiger partial charge in [-0.3, -0.25) is 9.36 Å². The van der Waals surface area contributed by atoms with Crippen LogP contribution in [-0.2, 0) is 16.6 Å². The molecule has 180 valence electrons. The number of nitrogens with zero attached hydrogens (tertiary/aromatic N) is 3. The number of amides is 1. The third-order valence-corrected chi connectivity index (χ3v) is 7.29. The van der Waals surface area contributed by atoms with Crippen molar-refractivity contribution in [1.29, 1.82) is 0 Å². The lowest BCUT2D eigenvalue weighted by Gasteiger charge is -2.20. The first-order valence-corrected chi connectivity index (χ1v) is 13.0. The van der Waals surface area contributed by atoms with Gasteiger partial charge in [-0.1, -0.05) is 81.8 Å². The molecule has 0 spiro atoms. The summed E-state index contributed by atoms with van der Waals surface area (Å²) in [6.07, 6.45) is 5.31. The molecule has 1 N–H and O–H groups in total. The Bertz CT molecular complexity index is 1100. The number of hydrogen-bond acceptors (Lipinski definition) is 4. The van der Waals surface area contributed by atoms with Crippen molar-refractivity contribution in [2.24, 2.45) is 0 Å². The van der Waals surface area contributed by atoms with Crippen molar-refractivity contribution in [3.63, 3.8) is 0 Å². The number of thioether (sulfide) groups is 1. The maximum Gasteiger partial charge on any atom is 0.230 e. The van der Waals surface area contributed by atoms with Gasteiger partial charge < -0.3 is 5.32 Å². The summed E-state index contributed by atoms with van der Waals surface area (Å²) in [6, 6.07) is 15.4. The van der Waals surface area contributed by atoms with Gasteiger partial charge in [-0.15, -0.1) is 10.2 Å². The van der Waals surface area contributed by atoms with Gasteiger partial charge in [0.1, 0.15) is 5.82 Å². The van der Waals surface area contributed by atoms with Crippen molar-refractivity contribution in [1.82, 2.24) is 20.1 Å². The Labute approximate surface area is 205 Å². The molecule has 0 radical (unpaired) electrons. The highest BCUT2D eigenvalue weighted by Gasteiger charge is 2.25. The molecule has 4 rings (SSSR count). The molecule has 0 bridgehead atoms. The van der Waals surface area contributed by atoms with Gasteiger partial charge in [0.2, 0.25) is 5.91 Å². The summed E-state index contributed by atoms with van der Waals surface area (Å²) < 4.78 is 15.3. The summed E-state index contributed by atoms with van der Waals surface area (Å²) >= 11 is 1.44. The van der Waals surface area contributed by atoms with E-state index in [1.54, 1.807) is 12.1 Å². The third-order valence-electron chi connectivity index (χ3n) is 6.34. The number of carbonyl (C=O) groups is 1. The van der Waals surface area contributed by atoms with Crippen molar-refractivity contribution < 1.29 is 9.18 Å². The van der Waals surface area contributed by atoms with Crippen LogP contribution in [0.4, 0.5) is 4.39 Å². The Morgan fingerprint density at radius 3 is 2.38 bits per heavy atom. The van der Waals surface area contributed by atoms with Crippen molar-refractivity contribution in [2.45, 2.75) is 69.5 Å². The van der Waals surface area contributed by atoms with Gasteiger partial charge >= 0.3 is 0 Å². The zero-order chi connectivity index (χ0) is 24.1. The van der Waals surface area contributed by atoms with Gasteiger partial charge in [0.05, 0.1) is 5.75 Å². The Balaban J connectivity index is 1.42. The van der Waals surface area contributed by atoms with Crippen LogP contribution in [0.25, 0.3) is 11.4 Å². The number of carbonyl (C=O) groups excluding carboxylic acids is 1. The van der Waals surface area contributed by atoms with Crippen molar-refractivity contribution in [2.75, 3.05) is 12.3 Å². The molecule has 1 aliphatic rings. The molecule has 0 atom stereocenters. The minimum Gasteiger partial charge on any atom is -0.355 e. The molecular weight excluding hydrogens is 447 g/mol. The number of rotatable bonds is 8. The highest BCUT2D eigenvalue weighted by atomic mass is 32.2. The normalized spacial score (nSPS) is 14.5. The van der Waals surface area contributed by atoms with E-state index in [0.717, 1.165) is 34.9 Å². The second-order valence-electron chi connectivity index (χ2n) is 9.96. The van der Waals surface area contributed by atoms with Crippen LogP contribution in [0, 0.1) is 5.82 Å². The van der Waals surface area contributed by atoms with E-state index in [0.29, 0.717) is 19.0 Å². The number of hydrogen-bond donors (Lipinski definition) is 1. The molecule has 2 aromatic carbocycles. The lowest BCUT2D eigenvalue weighted by atomic mass is 9.86. The maximum absolute atomic E-state index is 13.0. The van der Waals surface area contributed by atoms with Crippen molar-refractivity contribution >= 4 is 17.7 Å². The summed E-state index contributed by atoms with van der Waals surface area (Å²) in [5.74, 6) is 0.882. The summed E-state index contributed by atoms with van der Waals surface area (Å²) in [7, 11) is 0. The maximum atomic E-state index is 13.0. The third kappa shape index (κ3) is 6.06. The van der Waals surface area contributed by atoms with Crippen LogP contribution in [-0.4, -0.2) is 33.0 Å². The molecule has 7 heteroatoms. The zero-order valence-corrected chi connectivity index (χ0v) is 21.0. The molecule has 3 aromatic rings. The standard InChI is InChI=1S/C27H33FN4OS/c1-27(2,3)21-12-10-20(11-13-21)25-30-31-26(32(25)23-6-4-5-7-23)34-18-24(33)29-17-16-19-8-14-22(28)15-9-19/h8-15,23H,4-7,16-18H2,1-3H3,(H,29,33). The molecule has 1 amide bonds. The van der Waals surface area contributed by atoms with E-state index in [4.69, 9.17) is 0 Å². The van der Waals surface area contributed by atoms with Crippen LogP contribution in [0.2, 0.25) is 0 Å². The Hall–Kier alpha value is -2.67.